The zero-order chi connectivity index (χ0) is 13.1. The Labute approximate surface area is 113 Å². The number of hydrogen-bond donors (Lipinski definition) is 1. The van der Waals surface area contributed by atoms with Gasteiger partial charge in [-0.15, -0.1) is 0 Å². The van der Waals surface area contributed by atoms with E-state index in [0.29, 0.717) is 0 Å². The SMILES string of the molecule is O/C=C/c1ccc(N2CCC3(CC2)OCCO3)cc1. The molecule has 19 heavy (non-hydrogen) atoms. The van der Waals surface area contributed by atoms with Crippen molar-refractivity contribution in [3.63, 3.8) is 0 Å². The zero-order valence-corrected chi connectivity index (χ0v) is 10.9. The maximum atomic E-state index is 8.74. The molecule has 2 aliphatic heterocycles. The molecule has 2 aliphatic rings. The van der Waals surface area contributed by atoms with Gasteiger partial charge in [-0.2, -0.15) is 0 Å². The van der Waals surface area contributed by atoms with Crippen molar-refractivity contribution in [3.8, 4) is 0 Å². The van der Waals surface area contributed by atoms with Gasteiger partial charge in [-0.25, -0.2) is 0 Å². The van der Waals surface area contributed by atoms with Gasteiger partial charge in [0.15, 0.2) is 5.79 Å². The third-order valence-electron chi connectivity index (χ3n) is 3.86. The molecular formula is C15H19NO3. The molecule has 0 aliphatic carbocycles. The van der Waals surface area contributed by atoms with E-state index in [1.165, 1.54) is 5.69 Å². The molecular weight excluding hydrogens is 242 g/mol. The van der Waals surface area contributed by atoms with Gasteiger partial charge in [-0.05, 0) is 23.8 Å². The molecule has 2 heterocycles. The van der Waals surface area contributed by atoms with E-state index >= 15 is 0 Å². The minimum atomic E-state index is -0.309. The molecule has 2 saturated heterocycles. The van der Waals surface area contributed by atoms with Gasteiger partial charge < -0.3 is 19.5 Å². The molecule has 4 heteroatoms. The third kappa shape index (κ3) is 2.60. The van der Waals surface area contributed by atoms with Crippen LogP contribution in [0.15, 0.2) is 30.5 Å². The number of hydrogen-bond acceptors (Lipinski definition) is 4. The van der Waals surface area contributed by atoms with Crippen LogP contribution in [0, 0.1) is 0 Å². The van der Waals surface area contributed by atoms with Crippen LogP contribution in [0.4, 0.5) is 5.69 Å². The van der Waals surface area contributed by atoms with Gasteiger partial charge in [-0.3, -0.25) is 0 Å². The summed E-state index contributed by atoms with van der Waals surface area (Å²) in [7, 11) is 0. The van der Waals surface area contributed by atoms with Crippen LogP contribution in [0.1, 0.15) is 18.4 Å². The van der Waals surface area contributed by atoms with Crippen LogP contribution >= 0.6 is 0 Å². The Hall–Kier alpha value is -1.52. The van der Waals surface area contributed by atoms with E-state index < -0.39 is 0 Å². The van der Waals surface area contributed by atoms with Crippen LogP contribution in [0.2, 0.25) is 0 Å². The van der Waals surface area contributed by atoms with Gasteiger partial charge in [0.1, 0.15) is 0 Å². The Bertz CT molecular complexity index is 439. The molecule has 0 radical (unpaired) electrons. The highest BCUT2D eigenvalue weighted by Gasteiger charge is 2.39. The second-order valence-corrected chi connectivity index (χ2v) is 5.00. The molecule has 0 bridgehead atoms. The molecule has 1 spiro atoms. The van der Waals surface area contributed by atoms with Crippen molar-refractivity contribution in [3.05, 3.63) is 36.1 Å². The molecule has 0 amide bonds. The fraction of sp³-hybridized carbons (Fsp3) is 0.467. The summed E-state index contributed by atoms with van der Waals surface area (Å²) >= 11 is 0. The Balaban J connectivity index is 1.64. The lowest BCUT2D eigenvalue weighted by molar-refractivity contribution is -0.169. The van der Waals surface area contributed by atoms with Crippen LogP contribution in [0.25, 0.3) is 6.08 Å². The van der Waals surface area contributed by atoms with E-state index in [-0.39, 0.29) is 5.79 Å². The normalized spacial score (nSPS) is 22.4. The van der Waals surface area contributed by atoms with Crippen LogP contribution < -0.4 is 4.90 Å². The van der Waals surface area contributed by atoms with Crippen molar-refractivity contribution in [1.29, 1.82) is 0 Å². The fourth-order valence-corrected chi connectivity index (χ4v) is 2.77. The van der Waals surface area contributed by atoms with Gasteiger partial charge in [0.25, 0.3) is 0 Å². The van der Waals surface area contributed by atoms with E-state index in [0.717, 1.165) is 51.0 Å². The number of ether oxygens (including phenoxy) is 2. The summed E-state index contributed by atoms with van der Waals surface area (Å²) in [6.45, 7) is 3.36. The molecule has 0 aromatic heterocycles. The van der Waals surface area contributed by atoms with Crippen LogP contribution in [0.5, 0.6) is 0 Å². The molecule has 3 rings (SSSR count). The maximum absolute atomic E-state index is 8.74. The van der Waals surface area contributed by atoms with Crippen LogP contribution in [-0.2, 0) is 9.47 Å². The van der Waals surface area contributed by atoms with Gasteiger partial charge in [0.2, 0.25) is 0 Å². The summed E-state index contributed by atoms with van der Waals surface area (Å²) in [4.78, 5) is 2.35. The Kier molecular flexibility index (Phi) is 3.44. The summed E-state index contributed by atoms with van der Waals surface area (Å²) in [6, 6.07) is 8.19. The van der Waals surface area contributed by atoms with Crippen molar-refractivity contribution in [2.45, 2.75) is 18.6 Å². The lowest BCUT2D eigenvalue weighted by Gasteiger charge is -2.38. The number of piperidine rings is 1. The largest absolute Gasteiger partial charge is 0.516 e. The summed E-state index contributed by atoms with van der Waals surface area (Å²) in [5.41, 5.74) is 2.21. The highest BCUT2D eigenvalue weighted by Crippen LogP contribution is 2.33. The highest BCUT2D eigenvalue weighted by molar-refractivity contribution is 5.55. The second kappa shape index (κ2) is 5.23. The monoisotopic (exact) mass is 261 g/mol. The summed E-state index contributed by atoms with van der Waals surface area (Å²) in [6.07, 6.45) is 4.58. The highest BCUT2D eigenvalue weighted by atomic mass is 16.7. The number of rotatable bonds is 2. The first-order chi connectivity index (χ1) is 9.31. The average Bonchev–Trinajstić information content (AvgIpc) is 2.90. The number of nitrogens with zero attached hydrogens (tertiary/aromatic N) is 1. The zero-order valence-electron chi connectivity index (χ0n) is 10.9. The first kappa shape index (κ1) is 12.5. The third-order valence-corrected chi connectivity index (χ3v) is 3.86. The van der Waals surface area contributed by atoms with Crippen molar-refractivity contribution in [1.82, 2.24) is 0 Å². The number of aliphatic hydroxyl groups is 1. The van der Waals surface area contributed by atoms with Crippen LogP contribution in [0.3, 0.4) is 0 Å². The quantitative estimate of drug-likeness (QED) is 0.831. The van der Waals surface area contributed by atoms with Crippen molar-refractivity contribution in [2.75, 3.05) is 31.2 Å². The lowest BCUT2D eigenvalue weighted by Crippen LogP contribution is -2.45. The van der Waals surface area contributed by atoms with E-state index in [1.54, 1.807) is 6.08 Å². The van der Waals surface area contributed by atoms with Crippen molar-refractivity contribution >= 4 is 11.8 Å². The van der Waals surface area contributed by atoms with Gasteiger partial charge in [0, 0.05) is 31.6 Å². The first-order valence-electron chi connectivity index (χ1n) is 6.75. The van der Waals surface area contributed by atoms with E-state index in [4.69, 9.17) is 14.6 Å². The number of aliphatic hydroxyl groups excluding tert-OH is 1. The standard InChI is InChI=1S/C15H19NO3/c17-10-5-13-1-3-14(4-2-13)16-8-6-15(7-9-16)18-11-12-19-15/h1-5,10,17H,6-9,11-12H2/b10-5+. The molecule has 2 fully saturated rings. The molecule has 0 saturated carbocycles. The van der Waals surface area contributed by atoms with E-state index in [9.17, 15) is 0 Å². The lowest BCUT2D eigenvalue weighted by atomic mass is 10.0. The van der Waals surface area contributed by atoms with Crippen molar-refractivity contribution < 1.29 is 14.6 Å². The minimum absolute atomic E-state index is 0.309. The van der Waals surface area contributed by atoms with Crippen molar-refractivity contribution in [2.24, 2.45) is 0 Å². The molecule has 1 aromatic rings. The minimum Gasteiger partial charge on any atom is -0.516 e. The molecule has 0 atom stereocenters. The number of anilines is 1. The fourth-order valence-electron chi connectivity index (χ4n) is 2.77. The molecule has 0 unspecified atom stereocenters. The summed E-state index contributed by atoms with van der Waals surface area (Å²) < 4.78 is 11.5. The topological polar surface area (TPSA) is 41.9 Å². The van der Waals surface area contributed by atoms with E-state index in [1.807, 2.05) is 12.1 Å². The number of benzene rings is 1. The second-order valence-electron chi connectivity index (χ2n) is 5.00. The predicted molar refractivity (Wildman–Crippen MR) is 74.2 cm³/mol. The Morgan fingerprint density at radius 3 is 2.26 bits per heavy atom. The molecule has 102 valence electrons. The summed E-state index contributed by atoms with van der Waals surface area (Å²) in [5.74, 6) is -0.309. The van der Waals surface area contributed by atoms with Gasteiger partial charge in [-0.1, -0.05) is 12.1 Å². The Morgan fingerprint density at radius 1 is 1.05 bits per heavy atom. The van der Waals surface area contributed by atoms with Gasteiger partial charge in [0.05, 0.1) is 19.5 Å². The predicted octanol–water partition coefficient (Wildman–Crippen LogP) is 2.56. The first-order valence-corrected chi connectivity index (χ1v) is 6.75. The maximum Gasteiger partial charge on any atom is 0.171 e. The van der Waals surface area contributed by atoms with Gasteiger partial charge >= 0.3 is 0 Å². The molecule has 4 nitrogen and oxygen atoms in total. The average molecular weight is 261 g/mol. The molecule has 1 aromatic carbocycles. The molecule has 1 N–H and O–H groups in total. The van der Waals surface area contributed by atoms with Crippen LogP contribution in [-0.4, -0.2) is 37.2 Å². The smallest absolute Gasteiger partial charge is 0.171 e. The Morgan fingerprint density at radius 2 is 1.68 bits per heavy atom. The summed E-state index contributed by atoms with van der Waals surface area (Å²) in [5, 5.41) is 8.74. The van der Waals surface area contributed by atoms with E-state index in [2.05, 4.69) is 17.0 Å².